The first-order chi connectivity index (χ1) is 11.7. The Hall–Kier alpha value is -2.43. The molecule has 0 aliphatic carbocycles. The van der Waals surface area contributed by atoms with Crippen molar-refractivity contribution >= 4 is 56.7 Å². The topological polar surface area (TPSA) is 20.3 Å². The number of benzene rings is 3. The molecule has 0 saturated carbocycles. The third-order valence-corrected chi connectivity index (χ3v) is 5.20. The molecule has 0 spiro atoms. The summed E-state index contributed by atoms with van der Waals surface area (Å²) in [7, 11) is 0. The Bertz CT molecular complexity index is 974. The summed E-state index contributed by atoms with van der Waals surface area (Å²) in [6.45, 7) is 0. The first kappa shape index (κ1) is 15.1. The molecule has 116 valence electrons. The van der Waals surface area contributed by atoms with Crippen molar-refractivity contribution in [1.82, 2.24) is 0 Å². The zero-order valence-electron chi connectivity index (χ0n) is 12.7. The standard InChI is InChI=1S/C20H13NOS2/c22-19-18(13-14-7-2-1-3-8-14)24-20(23)21(19)17-12-6-10-15-9-4-5-11-16(15)17/h1-13H/b18-13+. The van der Waals surface area contributed by atoms with E-state index >= 15 is 0 Å². The number of carbonyl (C=O) groups is 1. The van der Waals surface area contributed by atoms with Crippen LogP contribution in [0.4, 0.5) is 5.69 Å². The van der Waals surface area contributed by atoms with E-state index in [1.807, 2.05) is 78.9 Å². The van der Waals surface area contributed by atoms with Crippen LogP contribution in [-0.4, -0.2) is 10.2 Å². The lowest BCUT2D eigenvalue weighted by molar-refractivity contribution is -0.113. The summed E-state index contributed by atoms with van der Waals surface area (Å²) in [6.07, 6.45) is 1.89. The Balaban J connectivity index is 1.78. The molecule has 4 heteroatoms. The van der Waals surface area contributed by atoms with Crippen molar-refractivity contribution in [2.24, 2.45) is 0 Å². The van der Waals surface area contributed by atoms with E-state index in [0.717, 1.165) is 22.0 Å². The molecule has 4 rings (SSSR count). The predicted molar refractivity (Wildman–Crippen MR) is 106 cm³/mol. The normalized spacial score (nSPS) is 16.3. The second kappa shape index (κ2) is 6.23. The van der Waals surface area contributed by atoms with Gasteiger partial charge in [0, 0.05) is 5.39 Å². The van der Waals surface area contributed by atoms with E-state index in [-0.39, 0.29) is 5.91 Å². The van der Waals surface area contributed by atoms with Gasteiger partial charge in [0.15, 0.2) is 4.32 Å². The van der Waals surface area contributed by atoms with E-state index in [1.54, 1.807) is 4.90 Å². The van der Waals surface area contributed by atoms with Crippen molar-refractivity contribution in [2.45, 2.75) is 0 Å². The summed E-state index contributed by atoms with van der Waals surface area (Å²) in [4.78, 5) is 15.2. The van der Waals surface area contributed by atoms with Crippen LogP contribution in [0.5, 0.6) is 0 Å². The van der Waals surface area contributed by atoms with Crippen LogP contribution in [0.3, 0.4) is 0 Å². The molecule has 0 radical (unpaired) electrons. The molecule has 1 fully saturated rings. The van der Waals surface area contributed by atoms with Crippen molar-refractivity contribution in [3.8, 4) is 0 Å². The fourth-order valence-electron chi connectivity index (χ4n) is 2.78. The van der Waals surface area contributed by atoms with E-state index in [0.29, 0.717) is 9.23 Å². The molecule has 1 saturated heterocycles. The molecule has 2 nitrogen and oxygen atoms in total. The smallest absolute Gasteiger partial charge is 0.268 e. The molecular weight excluding hydrogens is 334 g/mol. The SMILES string of the molecule is O=C1/C(=C\c2ccccc2)SC(=S)N1c1cccc2ccccc12. The monoisotopic (exact) mass is 347 g/mol. The molecule has 0 bridgehead atoms. The highest BCUT2D eigenvalue weighted by Crippen LogP contribution is 2.38. The molecule has 1 aliphatic rings. The molecule has 3 aromatic rings. The number of thioether (sulfide) groups is 1. The van der Waals surface area contributed by atoms with Gasteiger partial charge in [0.25, 0.3) is 5.91 Å². The van der Waals surface area contributed by atoms with E-state index in [2.05, 4.69) is 0 Å². The van der Waals surface area contributed by atoms with Crippen LogP contribution in [0.25, 0.3) is 16.8 Å². The fourth-order valence-corrected chi connectivity index (χ4v) is 4.06. The molecule has 24 heavy (non-hydrogen) atoms. The molecule has 0 aromatic heterocycles. The highest BCUT2D eigenvalue weighted by atomic mass is 32.2. The first-order valence-corrected chi connectivity index (χ1v) is 8.77. The molecule has 0 atom stereocenters. The number of hydrogen-bond donors (Lipinski definition) is 0. The molecule has 1 heterocycles. The number of fused-ring (bicyclic) bond motifs is 1. The summed E-state index contributed by atoms with van der Waals surface area (Å²) >= 11 is 6.83. The molecule has 0 unspecified atom stereocenters. The second-order valence-corrected chi connectivity index (χ2v) is 7.10. The lowest BCUT2D eigenvalue weighted by Crippen LogP contribution is -2.27. The van der Waals surface area contributed by atoms with Gasteiger partial charge in [-0.2, -0.15) is 0 Å². The van der Waals surface area contributed by atoms with E-state index in [9.17, 15) is 4.79 Å². The van der Waals surface area contributed by atoms with Gasteiger partial charge in [-0.1, -0.05) is 90.7 Å². The summed E-state index contributed by atoms with van der Waals surface area (Å²) in [5, 5.41) is 2.12. The van der Waals surface area contributed by atoms with Crippen molar-refractivity contribution in [3.63, 3.8) is 0 Å². The van der Waals surface area contributed by atoms with E-state index < -0.39 is 0 Å². The average Bonchev–Trinajstić information content (AvgIpc) is 2.89. The molecule has 3 aromatic carbocycles. The minimum atomic E-state index is -0.0646. The van der Waals surface area contributed by atoms with Gasteiger partial charge in [0.2, 0.25) is 0 Å². The molecule has 1 amide bonds. The molecule has 1 aliphatic heterocycles. The number of hydrogen-bond acceptors (Lipinski definition) is 3. The zero-order chi connectivity index (χ0) is 16.5. The van der Waals surface area contributed by atoms with Crippen LogP contribution >= 0.6 is 24.0 Å². The van der Waals surface area contributed by atoms with Crippen LogP contribution in [0, 0.1) is 0 Å². The predicted octanol–water partition coefficient (Wildman–Crippen LogP) is 5.25. The lowest BCUT2D eigenvalue weighted by Gasteiger charge is -2.17. The van der Waals surface area contributed by atoms with Crippen LogP contribution in [0.15, 0.2) is 77.7 Å². The number of anilines is 1. The van der Waals surface area contributed by atoms with Gasteiger partial charge in [0.1, 0.15) is 0 Å². The Morgan fingerprint density at radius 3 is 2.42 bits per heavy atom. The Morgan fingerprint density at radius 1 is 0.875 bits per heavy atom. The number of rotatable bonds is 2. The van der Waals surface area contributed by atoms with Crippen LogP contribution in [0.2, 0.25) is 0 Å². The van der Waals surface area contributed by atoms with Crippen molar-refractivity contribution < 1.29 is 4.79 Å². The average molecular weight is 347 g/mol. The maximum atomic E-state index is 12.9. The van der Waals surface area contributed by atoms with Crippen LogP contribution in [-0.2, 0) is 4.79 Å². The van der Waals surface area contributed by atoms with Gasteiger partial charge in [-0.05, 0) is 23.1 Å². The maximum absolute atomic E-state index is 12.9. The quantitative estimate of drug-likeness (QED) is 0.467. The summed E-state index contributed by atoms with van der Waals surface area (Å²) in [6, 6.07) is 23.8. The second-order valence-electron chi connectivity index (χ2n) is 5.43. The van der Waals surface area contributed by atoms with Gasteiger partial charge < -0.3 is 0 Å². The molecule has 0 N–H and O–H groups in total. The molecular formula is C20H13NOS2. The summed E-state index contributed by atoms with van der Waals surface area (Å²) in [5.41, 5.74) is 1.84. The van der Waals surface area contributed by atoms with Gasteiger partial charge in [-0.25, -0.2) is 0 Å². The van der Waals surface area contributed by atoms with Gasteiger partial charge in [-0.3, -0.25) is 9.69 Å². The highest BCUT2D eigenvalue weighted by molar-refractivity contribution is 8.27. The Labute approximate surface area is 149 Å². The van der Waals surface area contributed by atoms with Crippen LogP contribution < -0.4 is 4.90 Å². The maximum Gasteiger partial charge on any atom is 0.270 e. The third kappa shape index (κ3) is 2.64. The number of carbonyl (C=O) groups excluding carboxylic acids is 1. The number of thiocarbonyl (C=S) groups is 1. The van der Waals surface area contributed by atoms with Gasteiger partial charge in [0.05, 0.1) is 10.6 Å². The summed E-state index contributed by atoms with van der Waals surface area (Å²) < 4.78 is 0.568. The summed E-state index contributed by atoms with van der Waals surface area (Å²) in [5.74, 6) is -0.0646. The van der Waals surface area contributed by atoms with E-state index in [1.165, 1.54) is 11.8 Å². The number of nitrogens with zero attached hydrogens (tertiary/aromatic N) is 1. The van der Waals surface area contributed by atoms with Crippen molar-refractivity contribution in [2.75, 3.05) is 4.90 Å². The highest BCUT2D eigenvalue weighted by Gasteiger charge is 2.34. The first-order valence-electron chi connectivity index (χ1n) is 7.55. The largest absolute Gasteiger partial charge is 0.270 e. The Kier molecular flexibility index (Phi) is 3.92. The van der Waals surface area contributed by atoms with E-state index in [4.69, 9.17) is 12.2 Å². The fraction of sp³-hybridized carbons (Fsp3) is 0. The minimum absolute atomic E-state index is 0.0646. The zero-order valence-corrected chi connectivity index (χ0v) is 14.3. The third-order valence-electron chi connectivity index (χ3n) is 3.90. The van der Waals surface area contributed by atoms with Crippen molar-refractivity contribution in [1.29, 1.82) is 0 Å². The van der Waals surface area contributed by atoms with Crippen LogP contribution in [0.1, 0.15) is 5.56 Å². The van der Waals surface area contributed by atoms with Gasteiger partial charge in [-0.15, -0.1) is 0 Å². The van der Waals surface area contributed by atoms with Crippen molar-refractivity contribution in [3.05, 3.63) is 83.3 Å². The lowest BCUT2D eigenvalue weighted by atomic mass is 10.1. The number of amides is 1. The Morgan fingerprint density at radius 2 is 1.58 bits per heavy atom. The minimum Gasteiger partial charge on any atom is -0.268 e. The van der Waals surface area contributed by atoms with Gasteiger partial charge >= 0.3 is 0 Å².